The Morgan fingerprint density at radius 3 is 2.62 bits per heavy atom. The highest BCUT2D eigenvalue weighted by Gasteiger charge is 2.07. The third-order valence-corrected chi connectivity index (χ3v) is 4.60. The number of hydrogen-bond donors (Lipinski definition) is 1. The summed E-state index contributed by atoms with van der Waals surface area (Å²) in [5.74, 6) is 1.68. The Kier molecular flexibility index (Phi) is 9.50. The van der Waals surface area contributed by atoms with Gasteiger partial charge in [0.1, 0.15) is 5.75 Å². The van der Waals surface area contributed by atoms with Gasteiger partial charge in [-0.3, -0.25) is 4.79 Å². The molecule has 0 fully saturated rings. The minimum Gasteiger partial charge on any atom is -0.493 e. The number of ether oxygens (including phenoxy) is 3. The van der Waals surface area contributed by atoms with Crippen molar-refractivity contribution in [1.29, 1.82) is 0 Å². The van der Waals surface area contributed by atoms with Crippen LogP contribution in [0, 0.1) is 0 Å². The molecule has 2 aromatic carbocycles. The molecule has 7 heteroatoms. The van der Waals surface area contributed by atoms with E-state index in [0.717, 1.165) is 34.9 Å². The number of hydrazone groups is 1. The monoisotopic (exact) mass is 462 g/mol. The normalized spacial score (nSPS) is 10.8. The van der Waals surface area contributed by atoms with Crippen molar-refractivity contribution in [2.75, 3.05) is 20.3 Å². The van der Waals surface area contributed by atoms with E-state index in [1.54, 1.807) is 13.3 Å². The van der Waals surface area contributed by atoms with Gasteiger partial charge in [0.15, 0.2) is 18.1 Å². The van der Waals surface area contributed by atoms with E-state index in [1.165, 1.54) is 0 Å². The van der Waals surface area contributed by atoms with Gasteiger partial charge >= 0.3 is 0 Å². The SMILES string of the molecule is CCCCOc1ccc(/C=N/NC(=O)COc2ccc(Br)cc2CC)cc1OC. The Labute approximate surface area is 180 Å². The van der Waals surface area contributed by atoms with Crippen LogP contribution in [-0.4, -0.2) is 32.4 Å². The van der Waals surface area contributed by atoms with Gasteiger partial charge in [-0.05, 0) is 60.4 Å². The molecule has 0 saturated heterocycles. The summed E-state index contributed by atoms with van der Waals surface area (Å²) in [6.45, 7) is 4.68. The van der Waals surface area contributed by atoms with Crippen LogP contribution in [0.5, 0.6) is 17.2 Å². The third-order valence-electron chi connectivity index (χ3n) is 4.11. The quantitative estimate of drug-likeness (QED) is 0.297. The van der Waals surface area contributed by atoms with Crippen molar-refractivity contribution in [2.45, 2.75) is 33.1 Å². The fourth-order valence-corrected chi connectivity index (χ4v) is 2.94. The van der Waals surface area contributed by atoms with E-state index >= 15 is 0 Å². The first-order valence-corrected chi connectivity index (χ1v) is 10.4. The second-order valence-electron chi connectivity index (χ2n) is 6.30. The summed E-state index contributed by atoms with van der Waals surface area (Å²) in [6, 6.07) is 11.2. The van der Waals surface area contributed by atoms with Crippen molar-refractivity contribution in [3.63, 3.8) is 0 Å². The number of benzene rings is 2. The number of carbonyl (C=O) groups excluding carboxylic acids is 1. The van der Waals surface area contributed by atoms with Crippen molar-refractivity contribution in [2.24, 2.45) is 5.10 Å². The summed E-state index contributed by atoms with van der Waals surface area (Å²) in [5, 5.41) is 3.98. The second-order valence-corrected chi connectivity index (χ2v) is 7.22. The molecule has 1 amide bonds. The smallest absolute Gasteiger partial charge is 0.277 e. The number of carbonyl (C=O) groups is 1. The van der Waals surface area contributed by atoms with Gasteiger partial charge in [-0.25, -0.2) is 5.43 Å². The van der Waals surface area contributed by atoms with Gasteiger partial charge in [0.2, 0.25) is 0 Å². The molecule has 0 unspecified atom stereocenters. The van der Waals surface area contributed by atoms with E-state index in [1.807, 2.05) is 43.3 Å². The minimum absolute atomic E-state index is 0.112. The molecule has 0 aliphatic heterocycles. The van der Waals surface area contributed by atoms with Crippen molar-refractivity contribution >= 4 is 28.1 Å². The van der Waals surface area contributed by atoms with E-state index in [-0.39, 0.29) is 12.5 Å². The standard InChI is InChI=1S/C22H27BrN2O4/c1-4-6-11-28-20-9-7-16(12-21(20)27-3)14-24-25-22(26)15-29-19-10-8-18(23)13-17(19)5-2/h7-10,12-14H,4-6,11,15H2,1-3H3,(H,25,26)/b24-14+. The van der Waals surface area contributed by atoms with Crippen LogP contribution in [0.4, 0.5) is 0 Å². The van der Waals surface area contributed by atoms with Crippen LogP contribution in [0.25, 0.3) is 0 Å². The number of rotatable bonds is 11. The Balaban J connectivity index is 1.88. The van der Waals surface area contributed by atoms with Crippen LogP contribution in [0.3, 0.4) is 0 Å². The summed E-state index contributed by atoms with van der Waals surface area (Å²) in [5.41, 5.74) is 4.28. The average Bonchev–Trinajstić information content (AvgIpc) is 2.73. The summed E-state index contributed by atoms with van der Waals surface area (Å²) in [6.07, 6.45) is 4.42. The predicted molar refractivity (Wildman–Crippen MR) is 118 cm³/mol. The summed E-state index contributed by atoms with van der Waals surface area (Å²) in [4.78, 5) is 12.0. The minimum atomic E-state index is -0.335. The fourth-order valence-electron chi connectivity index (χ4n) is 2.53. The lowest BCUT2D eigenvalue weighted by Crippen LogP contribution is -2.24. The molecule has 0 aliphatic rings. The molecule has 29 heavy (non-hydrogen) atoms. The highest BCUT2D eigenvalue weighted by Crippen LogP contribution is 2.27. The maximum Gasteiger partial charge on any atom is 0.277 e. The lowest BCUT2D eigenvalue weighted by Gasteiger charge is -2.11. The largest absolute Gasteiger partial charge is 0.493 e. The van der Waals surface area contributed by atoms with Gasteiger partial charge in [0, 0.05) is 4.47 Å². The third kappa shape index (κ3) is 7.42. The molecule has 1 N–H and O–H groups in total. The number of nitrogens with zero attached hydrogens (tertiary/aromatic N) is 1. The van der Waals surface area contributed by atoms with Crippen LogP contribution in [0.1, 0.15) is 37.8 Å². The van der Waals surface area contributed by atoms with Gasteiger partial charge in [-0.1, -0.05) is 36.2 Å². The highest BCUT2D eigenvalue weighted by molar-refractivity contribution is 9.10. The number of hydrogen-bond acceptors (Lipinski definition) is 5. The molecule has 0 radical (unpaired) electrons. The maximum atomic E-state index is 12.0. The first-order chi connectivity index (χ1) is 14.1. The lowest BCUT2D eigenvalue weighted by molar-refractivity contribution is -0.123. The number of nitrogens with one attached hydrogen (secondary N) is 1. The van der Waals surface area contributed by atoms with Crippen LogP contribution in [-0.2, 0) is 11.2 Å². The van der Waals surface area contributed by atoms with Crippen LogP contribution in [0.2, 0.25) is 0 Å². The molecule has 156 valence electrons. The molecule has 6 nitrogen and oxygen atoms in total. The van der Waals surface area contributed by atoms with E-state index in [4.69, 9.17) is 14.2 Å². The van der Waals surface area contributed by atoms with E-state index in [0.29, 0.717) is 23.9 Å². The molecule has 0 saturated carbocycles. The second kappa shape index (κ2) is 12.1. The van der Waals surface area contributed by atoms with Gasteiger partial charge < -0.3 is 14.2 Å². The fraction of sp³-hybridized carbons (Fsp3) is 0.364. The molecule has 2 rings (SSSR count). The average molecular weight is 463 g/mol. The number of aryl methyl sites for hydroxylation is 1. The Morgan fingerprint density at radius 1 is 1.10 bits per heavy atom. The molecule has 0 bridgehead atoms. The molecule has 0 aromatic heterocycles. The van der Waals surface area contributed by atoms with Crippen molar-refractivity contribution < 1.29 is 19.0 Å². The Morgan fingerprint density at radius 2 is 1.90 bits per heavy atom. The number of methoxy groups -OCH3 is 1. The maximum absolute atomic E-state index is 12.0. The number of halogens is 1. The van der Waals surface area contributed by atoms with Gasteiger partial charge in [-0.15, -0.1) is 0 Å². The zero-order valence-electron chi connectivity index (χ0n) is 17.0. The molecule has 0 heterocycles. The van der Waals surface area contributed by atoms with Gasteiger partial charge in [0.05, 0.1) is 19.9 Å². The Bertz CT molecular complexity index is 840. The van der Waals surface area contributed by atoms with E-state index in [2.05, 4.69) is 33.4 Å². The molecule has 0 aliphatic carbocycles. The van der Waals surface area contributed by atoms with E-state index < -0.39 is 0 Å². The van der Waals surface area contributed by atoms with Crippen LogP contribution >= 0.6 is 15.9 Å². The lowest BCUT2D eigenvalue weighted by atomic mass is 10.1. The topological polar surface area (TPSA) is 69.2 Å². The van der Waals surface area contributed by atoms with Gasteiger partial charge in [0.25, 0.3) is 5.91 Å². The summed E-state index contributed by atoms with van der Waals surface area (Å²) < 4.78 is 17.7. The van der Waals surface area contributed by atoms with Crippen molar-refractivity contribution in [3.05, 3.63) is 52.0 Å². The summed E-state index contributed by atoms with van der Waals surface area (Å²) >= 11 is 3.43. The first-order valence-electron chi connectivity index (χ1n) is 9.61. The predicted octanol–water partition coefficient (Wildman–Crippen LogP) is 4.73. The zero-order chi connectivity index (χ0) is 21.1. The van der Waals surface area contributed by atoms with E-state index in [9.17, 15) is 4.79 Å². The summed E-state index contributed by atoms with van der Waals surface area (Å²) in [7, 11) is 1.59. The molecule has 2 aromatic rings. The van der Waals surface area contributed by atoms with Crippen molar-refractivity contribution in [3.8, 4) is 17.2 Å². The zero-order valence-corrected chi connectivity index (χ0v) is 18.6. The molecule has 0 atom stereocenters. The van der Waals surface area contributed by atoms with Crippen LogP contribution in [0.15, 0.2) is 46.0 Å². The highest BCUT2D eigenvalue weighted by atomic mass is 79.9. The molecular weight excluding hydrogens is 436 g/mol. The number of unbranched alkanes of at least 4 members (excludes halogenated alkanes) is 1. The van der Waals surface area contributed by atoms with Crippen molar-refractivity contribution in [1.82, 2.24) is 5.43 Å². The molecule has 0 spiro atoms. The first kappa shape index (κ1) is 22.7. The Hall–Kier alpha value is -2.54. The van der Waals surface area contributed by atoms with Crippen LogP contribution < -0.4 is 19.6 Å². The van der Waals surface area contributed by atoms with Gasteiger partial charge in [-0.2, -0.15) is 5.10 Å². The molecular formula is C22H27BrN2O4. The number of amides is 1.